The molecule has 0 radical (unpaired) electrons. The minimum atomic E-state index is -0.614. The summed E-state index contributed by atoms with van der Waals surface area (Å²) in [5.41, 5.74) is 1.13. The molecule has 2 heterocycles. The molecule has 0 aliphatic heterocycles. The van der Waals surface area contributed by atoms with Crippen molar-refractivity contribution in [2.45, 2.75) is 32.9 Å². The van der Waals surface area contributed by atoms with E-state index in [0.29, 0.717) is 23.1 Å². The summed E-state index contributed by atoms with van der Waals surface area (Å²) in [6.45, 7) is 5.71. The number of fused-ring (bicyclic) bond motifs is 1. The van der Waals surface area contributed by atoms with Crippen LogP contribution in [0.3, 0.4) is 0 Å². The number of hydrogen-bond donors (Lipinski definition) is 2. The van der Waals surface area contributed by atoms with Crippen molar-refractivity contribution in [3.8, 4) is 0 Å². The molecule has 2 aromatic heterocycles. The molecular formula is C18H20N4O3. The van der Waals surface area contributed by atoms with Crippen LogP contribution in [0, 0.1) is 0 Å². The number of benzene rings is 1. The molecule has 7 heteroatoms. The molecule has 1 amide bonds. The van der Waals surface area contributed by atoms with Crippen LogP contribution in [0.5, 0.6) is 0 Å². The van der Waals surface area contributed by atoms with Crippen molar-refractivity contribution in [3.63, 3.8) is 0 Å². The molecule has 2 N–H and O–H groups in total. The summed E-state index contributed by atoms with van der Waals surface area (Å²) in [7, 11) is 0. The van der Waals surface area contributed by atoms with E-state index in [1.165, 1.54) is 4.68 Å². The molecule has 0 unspecified atom stereocenters. The van der Waals surface area contributed by atoms with Crippen molar-refractivity contribution in [3.05, 3.63) is 58.6 Å². The number of carbonyl (C=O) groups excluding carboxylic acids is 1. The molecule has 1 aromatic carbocycles. The highest BCUT2D eigenvalue weighted by Crippen LogP contribution is 2.20. The normalized spacial score (nSPS) is 11.5. The number of nitrogens with zero attached hydrogens (tertiary/aromatic N) is 2. The van der Waals surface area contributed by atoms with Crippen LogP contribution in [0.2, 0.25) is 0 Å². The Morgan fingerprint density at radius 1 is 1.28 bits per heavy atom. The summed E-state index contributed by atoms with van der Waals surface area (Å²) < 4.78 is 6.74. The van der Waals surface area contributed by atoms with E-state index in [1.807, 2.05) is 12.1 Å². The minimum Gasteiger partial charge on any atom is -0.444 e. The second kappa shape index (κ2) is 6.43. The largest absolute Gasteiger partial charge is 0.444 e. The Bertz CT molecular complexity index is 952. The van der Waals surface area contributed by atoms with Gasteiger partial charge in [-0.15, -0.1) is 0 Å². The Kier molecular flexibility index (Phi) is 4.31. The van der Waals surface area contributed by atoms with Crippen molar-refractivity contribution in [2.24, 2.45) is 0 Å². The minimum absolute atomic E-state index is 0.217. The highest BCUT2D eigenvalue weighted by atomic mass is 16.6. The molecule has 0 aliphatic carbocycles. The van der Waals surface area contributed by atoms with Crippen LogP contribution in [0.15, 0.2) is 47.5 Å². The highest BCUT2D eigenvalue weighted by molar-refractivity contribution is 5.98. The number of ether oxygens (including phenoxy) is 1. The maximum atomic E-state index is 12.7. The van der Waals surface area contributed by atoms with Gasteiger partial charge in [-0.3, -0.25) is 20.2 Å². The number of nitrogens with one attached hydrogen (secondary N) is 2. The zero-order valence-electron chi connectivity index (χ0n) is 14.4. The molecular weight excluding hydrogens is 320 g/mol. The third-order valence-corrected chi connectivity index (χ3v) is 3.48. The SMILES string of the molecule is CC(C)(C)OC(=O)Nc1cccc2[nH]n(Cc3cccnc3)c(=O)c12. The third kappa shape index (κ3) is 3.88. The van der Waals surface area contributed by atoms with Crippen LogP contribution in [0.1, 0.15) is 26.3 Å². The summed E-state index contributed by atoms with van der Waals surface area (Å²) in [4.78, 5) is 28.8. The maximum absolute atomic E-state index is 12.7. The van der Waals surface area contributed by atoms with Gasteiger partial charge in [-0.2, -0.15) is 0 Å². The smallest absolute Gasteiger partial charge is 0.412 e. The van der Waals surface area contributed by atoms with Gasteiger partial charge < -0.3 is 4.74 Å². The van der Waals surface area contributed by atoms with Crippen LogP contribution in [-0.2, 0) is 11.3 Å². The number of hydrogen-bond acceptors (Lipinski definition) is 4. The van der Waals surface area contributed by atoms with Gasteiger partial charge in [0.2, 0.25) is 0 Å². The second-order valence-corrected chi connectivity index (χ2v) is 6.72. The fourth-order valence-electron chi connectivity index (χ4n) is 2.51. The number of pyridine rings is 1. The molecule has 3 aromatic rings. The van der Waals surface area contributed by atoms with E-state index in [0.717, 1.165) is 5.56 Å². The van der Waals surface area contributed by atoms with Crippen molar-refractivity contribution < 1.29 is 9.53 Å². The number of aromatic nitrogens is 3. The molecule has 0 saturated heterocycles. The fourth-order valence-corrected chi connectivity index (χ4v) is 2.51. The first kappa shape index (κ1) is 16.8. The number of H-pyrrole nitrogens is 1. The van der Waals surface area contributed by atoms with Gasteiger partial charge in [0.1, 0.15) is 5.60 Å². The number of anilines is 1. The molecule has 0 fully saturated rings. The van der Waals surface area contributed by atoms with E-state index in [-0.39, 0.29) is 5.56 Å². The Morgan fingerprint density at radius 3 is 2.76 bits per heavy atom. The first-order valence-corrected chi connectivity index (χ1v) is 7.94. The first-order valence-electron chi connectivity index (χ1n) is 7.94. The lowest BCUT2D eigenvalue weighted by molar-refractivity contribution is 0.0636. The Hall–Kier alpha value is -3.09. The molecule has 25 heavy (non-hydrogen) atoms. The lowest BCUT2D eigenvalue weighted by Gasteiger charge is -2.19. The predicted molar refractivity (Wildman–Crippen MR) is 95.8 cm³/mol. The lowest BCUT2D eigenvalue weighted by Crippen LogP contribution is -2.27. The molecule has 3 rings (SSSR count). The summed E-state index contributed by atoms with van der Waals surface area (Å²) >= 11 is 0. The molecule has 130 valence electrons. The topological polar surface area (TPSA) is 89.0 Å². The summed E-state index contributed by atoms with van der Waals surface area (Å²) in [6, 6.07) is 8.94. The van der Waals surface area contributed by atoms with Crippen LogP contribution < -0.4 is 10.9 Å². The average molecular weight is 340 g/mol. The van der Waals surface area contributed by atoms with Gasteiger partial charge in [-0.05, 0) is 44.5 Å². The molecule has 0 saturated carbocycles. The lowest BCUT2D eigenvalue weighted by atomic mass is 10.2. The van der Waals surface area contributed by atoms with E-state index >= 15 is 0 Å². The van der Waals surface area contributed by atoms with E-state index in [1.54, 1.807) is 51.4 Å². The van der Waals surface area contributed by atoms with E-state index in [4.69, 9.17) is 4.74 Å². The maximum Gasteiger partial charge on any atom is 0.412 e. The second-order valence-electron chi connectivity index (χ2n) is 6.72. The summed E-state index contributed by atoms with van der Waals surface area (Å²) in [5.74, 6) is 0. The van der Waals surface area contributed by atoms with E-state index in [9.17, 15) is 9.59 Å². The molecule has 0 spiro atoms. The zero-order chi connectivity index (χ0) is 18.0. The van der Waals surface area contributed by atoms with Gasteiger partial charge in [-0.1, -0.05) is 12.1 Å². The van der Waals surface area contributed by atoms with E-state index < -0.39 is 11.7 Å². The number of rotatable bonds is 3. The summed E-state index contributed by atoms with van der Waals surface area (Å²) in [6.07, 6.45) is 2.79. The first-order chi connectivity index (χ1) is 11.8. The number of aromatic amines is 1. The van der Waals surface area contributed by atoms with Crippen LogP contribution >= 0.6 is 0 Å². The van der Waals surface area contributed by atoms with Crippen LogP contribution in [-0.4, -0.2) is 26.5 Å². The molecule has 0 aliphatic rings. The Balaban J connectivity index is 1.93. The van der Waals surface area contributed by atoms with Crippen molar-refractivity contribution >= 4 is 22.7 Å². The van der Waals surface area contributed by atoms with Crippen molar-refractivity contribution in [1.29, 1.82) is 0 Å². The number of carbonyl (C=O) groups is 1. The fraction of sp³-hybridized carbons (Fsp3) is 0.278. The molecule has 7 nitrogen and oxygen atoms in total. The third-order valence-electron chi connectivity index (χ3n) is 3.48. The average Bonchev–Trinajstić information content (AvgIpc) is 2.84. The van der Waals surface area contributed by atoms with Gasteiger partial charge in [-0.25, -0.2) is 9.48 Å². The monoisotopic (exact) mass is 340 g/mol. The van der Waals surface area contributed by atoms with Gasteiger partial charge in [0, 0.05) is 12.4 Å². The van der Waals surface area contributed by atoms with Gasteiger partial charge >= 0.3 is 6.09 Å². The Morgan fingerprint density at radius 2 is 2.08 bits per heavy atom. The van der Waals surface area contributed by atoms with Crippen LogP contribution in [0.4, 0.5) is 10.5 Å². The Labute approximate surface area is 144 Å². The molecule has 0 bridgehead atoms. The van der Waals surface area contributed by atoms with Crippen molar-refractivity contribution in [2.75, 3.05) is 5.32 Å². The van der Waals surface area contributed by atoms with Gasteiger partial charge in [0.05, 0.1) is 23.1 Å². The predicted octanol–water partition coefficient (Wildman–Crippen LogP) is 3.12. The standard InChI is InChI=1S/C18H20N4O3/c1-18(2,3)25-17(24)20-13-7-4-8-14-15(13)16(23)22(21-14)11-12-6-5-9-19-10-12/h4-10,21H,11H2,1-3H3,(H,20,24). The quantitative estimate of drug-likeness (QED) is 0.766. The van der Waals surface area contributed by atoms with Gasteiger partial charge in [0.25, 0.3) is 5.56 Å². The molecule has 0 atom stereocenters. The van der Waals surface area contributed by atoms with Crippen LogP contribution in [0.25, 0.3) is 10.9 Å². The highest BCUT2D eigenvalue weighted by Gasteiger charge is 2.18. The number of amides is 1. The summed E-state index contributed by atoms with van der Waals surface area (Å²) in [5, 5.41) is 6.13. The van der Waals surface area contributed by atoms with E-state index in [2.05, 4.69) is 15.4 Å². The zero-order valence-corrected chi connectivity index (χ0v) is 14.4. The van der Waals surface area contributed by atoms with Gasteiger partial charge in [0.15, 0.2) is 0 Å². The van der Waals surface area contributed by atoms with Crippen molar-refractivity contribution in [1.82, 2.24) is 14.8 Å².